The zero-order valence-corrected chi connectivity index (χ0v) is 18.2. The second kappa shape index (κ2) is 9.10. The Morgan fingerprint density at radius 1 is 1.10 bits per heavy atom. The Morgan fingerprint density at radius 2 is 1.87 bits per heavy atom. The Morgan fingerprint density at radius 3 is 2.58 bits per heavy atom. The Labute approximate surface area is 184 Å². The first-order valence-electron chi connectivity index (χ1n) is 10.0. The van der Waals surface area contributed by atoms with Crippen molar-refractivity contribution in [2.24, 2.45) is 0 Å². The number of aldehydes is 1. The second-order valence-electron chi connectivity index (χ2n) is 7.10. The normalized spacial score (nSPS) is 10.8. The fourth-order valence-electron chi connectivity index (χ4n) is 3.45. The van der Waals surface area contributed by atoms with E-state index in [-0.39, 0.29) is 12.5 Å². The minimum Gasteiger partial charge on any atom is -0.486 e. The van der Waals surface area contributed by atoms with E-state index in [0.717, 1.165) is 29.2 Å². The molecule has 3 aromatic carbocycles. The van der Waals surface area contributed by atoms with Crippen molar-refractivity contribution < 1.29 is 14.3 Å². The lowest BCUT2D eigenvalue weighted by Crippen LogP contribution is -2.22. The number of carbonyl (C=O) groups is 2. The summed E-state index contributed by atoms with van der Waals surface area (Å²) in [7, 11) is 0. The van der Waals surface area contributed by atoms with Gasteiger partial charge in [-0.25, -0.2) is 4.98 Å². The van der Waals surface area contributed by atoms with Crippen LogP contribution in [0, 0.1) is 0 Å². The molecule has 0 unspecified atom stereocenters. The number of hydrogen-bond donors (Lipinski definition) is 0. The maximum atomic E-state index is 12.3. The van der Waals surface area contributed by atoms with E-state index in [4.69, 9.17) is 4.74 Å². The summed E-state index contributed by atoms with van der Waals surface area (Å²) >= 11 is 1.38. The summed E-state index contributed by atoms with van der Waals surface area (Å²) in [4.78, 5) is 30.2. The first kappa shape index (κ1) is 20.8. The Bertz CT molecular complexity index is 1230. The summed E-state index contributed by atoms with van der Waals surface area (Å²) in [6, 6.07) is 19.3. The van der Waals surface area contributed by atoms with Gasteiger partial charge in [-0.3, -0.25) is 14.5 Å². The molecule has 0 aliphatic heterocycles. The summed E-state index contributed by atoms with van der Waals surface area (Å²) in [6.07, 6.45) is 1.76. The lowest BCUT2D eigenvalue weighted by Gasteiger charge is -2.18. The van der Waals surface area contributed by atoms with Crippen LogP contribution in [0.4, 0.5) is 10.8 Å². The average Bonchev–Trinajstić information content (AvgIpc) is 3.25. The Kier molecular flexibility index (Phi) is 6.09. The molecule has 0 atom stereocenters. The van der Waals surface area contributed by atoms with Crippen LogP contribution in [0.3, 0.4) is 0 Å². The molecule has 1 aromatic heterocycles. The molecule has 0 saturated carbocycles. The van der Waals surface area contributed by atoms with Crippen molar-refractivity contribution in [2.45, 2.75) is 26.9 Å². The highest BCUT2D eigenvalue weighted by atomic mass is 32.1. The first-order chi connectivity index (χ1) is 15.1. The van der Waals surface area contributed by atoms with Gasteiger partial charge in [0.1, 0.15) is 12.4 Å². The van der Waals surface area contributed by atoms with Crippen molar-refractivity contribution >= 4 is 45.1 Å². The number of carbonyl (C=O) groups excluding carboxylic acids is 2. The summed E-state index contributed by atoms with van der Waals surface area (Å²) in [5.41, 5.74) is 3.21. The topological polar surface area (TPSA) is 59.5 Å². The van der Waals surface area contributed by atoms with Crippen LogP contribution < -0.4 is 9.64 Å². The van der Waals surface area contributed by atoms with Gasteiger partial charge < -0.3 is 4.74 Å². The zero-order valence-electron chi connectivity index (χ0n) is 17.4. The van der Waals surface area contributed by atoms with Crippen molar-refractivity contribution in [1.82, 2.24) is 4.98 Å². The third kappa shape index (κ3) is 4.34. The number of aryl methyl sites for hydroxylation is 1. The van der Waals surface area contributed by atoms with Crippen molar-refractivity contribution in [3.8, 4) is 5.75 Å². The third-order valence-corrected chi connectivity index (χ3v) is 5.95. The highest BCUT2D eigenvalue weighted by Gasteiger charge is 2.18. The maximum absolute atomic E-state index is 12.3. The molecule has 0 saturated heterocycles. The smallest absolute Gasteiger partial charge is 0.230 e. The molecule has 0 spiro atoms. The number of hydrogen-bond acceptors (Lipinski definition) is 5. The number of thiazole rings is 1. The van der Waals surface area contributed by atoms with Gasteiger partial charge in [-0.05, 0) is 41.0 Å². The molecular weight excluding hydrogens is 408 g/mol. The number of aromatic nitrogens is 1. The number of benzene rings is 3. The van der Waals surface area contributed by atoms with Crippen molar-refractivity contribution in [2.75, 3.05) is 4.90 Å². The van der Waals surface area contributed by atoms with Gasteiger partial charge in [-0.15, -0.1) is 11.3 Å². The van der Waals surface area contributed by atoms with E-state index < -0.39 is 0 Å². The summed E-state index contributed by atoms with van der Waals surface area (Å²) < 4.78 is 5.92. The van der Waals surface area contributed by atoms with E-state index in [0.29, 0.717) is 22.1 Å². The second-order valence-corrected chi connectivity index (χ2v) is 7.94. The van der Waals surface area contributed by atoms with Crippen molar-refractivity contribution in [1.29, 1.82) is 0 Å². The quantitative estimate of drug-likeness (QED) is 0.341. The number of ether oxygens (including phenoxy) is 1. The number of anilines is 2. The van der Waals surface area contributed by atoms with Crippen LogP contribution in [0.15, 0.2) is 66.0 Å². The molecule has 0 N–H and O–H groups in total. The minimum absolute atomic E-state index is 0.108. The number of rotatable bonds is 7. The number of amides is 1. The fraction of sp³-hybridized carbons (Fsp3) is 0.160. The van der Waals surface area contributed by atoms with Gasteiger partial charge in [0.25, 0.3) is 0 Å². The molecule has 4 aromatic rings. The van der Waals surface area contributed by atoms with Gasteiger partial charge in [0.2, 0.25) is 5.91 Å². The first-order valence-corrected chi connectivity index (χ1v) is 10.9. The summed E-state index contributed by atoms with van der Waals surface area (Å²) in [5, 5.41) is 4.30. The molecule has 0 aliphatic carbocycles. The molecule has 0 fully saturated rings. The van der Waals surface area contributed by atoms with Crippen LogP contribution in [0.2, 0.25) is 0 Å². The summed E-state index contributed by atoms with van der Waals surface area (Å²) in [5.74, 6) is 0.408. The van der Waals surface area contributed by atoms with E-state index in [2.05, 4.69) is 11.9 Å². The molecule has 4 rings (SSSR count). The van der Waals surface area contributed by atoms with Crippen LogP contribution in [0.25, 0.3) is 10.8 Å². The number of fused-ring (bicyclic) bond motifs is 1. The maximum Gasteiger partial charge on any atom is 0.230 e. The van der Waals surface area contributed by atoms with E-state index in [9.17, 15) is 9.59 Å². The molecule has 0 aliphatic rings. The summed E-state index contributed by atoms with van der Waals surface area (Å²) in [6.45, 7) is 3.82. The van der Waals surface area contributed by atoms with Crippen LogP contribution >= 0.6 is 11.3 Å². The Hall–Kier alpha value is -3.51. The number of nitrogens with zero attached hydrogens (tertiary/aromatic N) is 2. The molecule has 5 nitrogen and oxygen atoms in total. The lowest BCUT2D eigenvalue weighted by molar-refractivity contribution is -0.115. The standard InChI is InChI=1S/C25H22N2O3S/c1-3-18-8-11-21(12-9-18)27(17(2)29)25-26-20(16-31-25)15-30-24-13-10-19-6-4-5-7-22(19)23(24)14-28/h4-14,16H,3,15H2,1-2H3. The van der Waals surface area contributed by atoms with Gasteiger partial charge in [0.05, 0.1) is 16.9 Å². The predicted octanol–water partition coefficient (Wildman–Crippen LogP) is 5.93. The van der Waals surface area contributed by atoms with Gasteiger partial charge in [0.15, 0.2) is 11.4 Å². The van der Waals surface area contributed by atoms with Crippen LogP contribution in [-0.2, 0) is 17.8 Å². The molecule has 1 amide bonds. The molecule has 6 heteroatoms. The monoisotopic (exact) mass is 430 g/mol. The van der Waals surface area contributed by atoms with Crippen LogP contribution in [0.1, 0.15) is 35.5 Å². The van der Waals surface area contributed by atoms with E-state index in [1.165, 1.54) is 23.8 Å². The van der Waals surface area contributed by atoms with Crippen LogP contribution in [-0.4, -0.2) is 17.2 Å². The highest BCUT2D eigenvalue weighted by Crippen LogP contribution is 2.31. The van der Waals surface area contributed by atoms with Gasteiger partial charge >= 0.3 is 0 Å². The molecular formula is C25H22N2O3S. The van der Waals surface area contributed by atoms with Gasteiger partial charge in [-0.2, -0.15) is 0 Å². The fourth-order valence-corrected chi connectivity index (χ4v) is 4.32. The van der Waals surface area contributed by atoms with Gasteiger partial charge in [0, 0.05) is 12.3 Å². The van der Waals surface area contributed by atoms with Crippen molar-refractivity contribution in [3.63, 3.8) is 0 Å². The van der Waals surface area contributed by atoms with E-state index in [1.54, 1.807) is 11.0 Å². The lowest BCUT2D eigenvalue weighted by atomic mass is 10.0. The van der Waals surface area contributed by atoms with Crippen molar-refractivity contribution in [3.05, 3.63) is 82.9 Å². The molecule has 156 valence electrons. The molecule has 1 heterocycles. The highest BCUT2D eigenvalue weighted by molar-refractivity contribution is 7.14. The van der Waals surface area contributed by atoms with E-state index in [1.807, 2.05) is 60.0 Å². The predicted molar refractivity (Wildman–Crippen MR) is 124 cm³/mol. The Balaban J connectivity index is 1.55. The van der Waals surface area contributed by atoms with Gasteiger partial charge in [-0.1, -0.05) is 49.4 Å². The SMILES string of the molecule is CCc1ccc(N(C(C)=O)c2nc(COc3ccc4ccccc4c3C=O)cs2)cc1. The third-order valence-electron chi connectivity index (χ3n) is 5.07. The molecule has 31 heavy (non-hydrogen) atoms. The molecule has 0 radical (unpaired) electrons. The largest absolute Gasteiger partial charge is 0.486 e. The average molecular weight is 431 g/mol. The minimum atomic E-state index is -0.108. The van der Waals surface area contributed by atoms with E-state index >= 15 is 0 Å². The zero-order chi connectivity index (χ0) is 21.8. The molecule has 0 bridgehead atoms. The van der Waals surface area contributed by atoms with Crippen LogP contribution in [0.5, 0.6) is 5.75 Å².